The van der Waals surface area contributed by atoms with Crippen LogP contribution in [0.2, 0.25) is 5.02 Å². The van der Waals surface area contributed by atoms with Gasteiger partial charge in [0.05, 0.1) is 42.9 Å². The Kier molecular flexibility index (Phi) is 6.04. The molecule has 0 saturated carbocycles. The van der Waals surface area contributed by atoms with Gasteiger partial charge in [0.1, 0.15) is 6.54 Å². The summed E-state index contributed by atoms with van der Waals surface area (Å²) in [6.07, 6.45) is 0.111. The third-order valence-corrected chi connectivity index (χ3v) is 6.59. The molecule has 1 aliphatic heterocycles. The van der Waals surface area contributed by atoms with Crippen molar-refractivity contribution in [3.8, 4) is 0 Å². The van der Waals surface area contributed by atoms with Gasteiger partial charge in [0.25, 0.3) is 0 Å². The number of aliphatic imine (C=N–C) groups is 1. The molecule has 1 aromatic heterocycles. The molecule has 0 radical (unpaired) electrons. The van der Waals surface area contributed by atoms with Gasteiger partial charge >= 0.3 is 0 Å². The van der Waals surface area contributed by atoms with Gasteiger partial charge in [-0.1, -0.05) is 29.8 Å². The van der Waals surface area contributed by atoms with Crippen molar-refractivity contribution >= 4 is 73.5 Å². The van der Waals surface area contributed by atoms with E-state index in [0.717, 1.165) is 14.2 Å². The van der Waals surface area contributed by atoms with Crippen molar-refractivity contribution in [3.05, 3.63) is 73.8 Å². The number of hydrogen-bond acceptors (Lipinski definition) is 4. The fraction of sp³-hybridized carbons (Fsp3) is 0.136. The Morgan fingerprint density at radius 1 is 1.23 bits per heavy atom. The van der Waals surface area contributed by atoms with Crippen LogP contribution < -0.4 is 10.2 Å². The Balaban J connectivity index is 1.60. The SMILES string of the molecule is Cc1ccc(NC(=O)CN2C(=O)CC(c3ccc(Br)s3)=Nc3ccccc32)c(Cl)c1. The zero-order chi connectivity index (χ0) is 21.3. The van der Waals surface area contributed by atoms with Crippen molar-refractivity contribution in [2.75, 3.05) is 16.8 Å². The number of hydrogen-bond donors (Lipinski definition) is 1. The minimum absolute atomic E-state index is 0.111. The molecule has 30 heavy (non-hydrogen) atoms. The Labute approximate surface area is 191 Å². The van der Waals surface area contributed by atoms with Gasteiger partial charge in [0, 0.05) is 0 Å². The molecular weight excluding hydrogens is 486 g/mol. The fourth-order valence-electron chi connectivity index (χ4n) is 3.18. The van der Waals surface area contributed by atoms with Crippen molar-refractivity contribution in [1.29, 1.82) is 0 Å². The van der Waals surface area contributed by atoms with E-state index in [9.17, 15) is 9.59 Å². The number of halogens is 2. The van der Waals surface area contributed by atoms with E-state index in [1.165, 1.54) is 16.2 Å². The molecule has 2 heterocycles. The average molecular weight is 503 g/mol. The summed E-state index contributed by atoms with van der Waals surface area (Å²) in [7, 11) is 0. The Morgan fingerprint density at radius 3 is 2.77 bits per heavy atom. The van der Waals surface area contributed by atoms with Gasteiger partial charge in [-0.3, -0.25) is 9.59 Å². The maximum Gasteiger partial charge on any atom is 0.244 e. The number of aryl methyl sites for hydroxylation is 1. The van der Waals surface area contributed by atoms with Crippen molar-refractivity contribution in [2.45, 2.75) is 13.3 Å². The van der Waals surface area contributed by atoms with E-state index >= 15 is 0 Å². The van der Waals surface area contributed by atoms with Gasteiger partial charge in [-0.2, -0.15) is 0 Å². The highest BCUT2D eigenvalue weighted by Crippen LogP contribution is 2.34. The smallest absolute Gasteiger partial charge is 0.244 e. The summed E-state index contributed by atoms with van der Waals surface area (Å²) in [5.41, 5.74) is 3.47. The van der Waals surface area contributed by atoms with Crippen LogP contribution in [-0.4, -0.2) is 24.1 Å². The molecular formula is C22H17BrClN3O2S. The van der Waals surface area contributed by atoms with Crippen LogP contribution in [0.15, 0.2) is 63.4 Å². The highest BCUT2D eigenvalue weighted by atomic mass is 79.9. The fourth-order valence-corrected chi connectivity index (χ4v) is 4.84. The summed E-state index contributed by atoms with van der Waals surface area (Å²) in [6.45, 7) is 1.80. The first kappa shape index (κ1) is 20.8. The standard InChI is InChI=1S/C22H17BrClN3O2S/c1-13-6-7-15(14(24)10-13)26-21(28)12-27-18-5-3-2-4-16(18)25-17(11-22(27)29)19-8-9-20(23)30-19/h2-10H,11-12H2,1H3,(H,26,28). The van der Waals surface area contributed by atoms with Crippen LogP contribution in [0.3, 0.4) is 0 Å². The molecule has 4 rings (SSSR count). The highest BCUT2D eigenvalue weighted by molar-refractivity contribution is 9.11. The van der Waals surface area contributed by atoms with Crippen LogP contribution in [0, 0.1) is 6.92 Å². The molecule has 0 bridgehead atoms. The topological polar surface area (TPSA) is 61.8 Å². The lowest BCUT2D eigenvalue weighted by Crippen LogP contribution is -2.38. The number of carbonyl (C=O) groups is 2. The zero-order valence-electron chi connectivity index (χ0n) is 16.0. The van der Waals surface area contributed by atoms with Gasteiger partial charge in [0.2, 0.25) is 11.8 Å². The van der Waals surface area contributed by atoms with Crippen molar-refractivity contribution in [2.24, 2.45) is 4.99 Å². The second kappa shape index (κ2) is 8.71. The summed E-state index contributed by atoms with van der Waals surface area (Å²) in [4.78, 5) is 33.0. The predicted octanol–water partition coefficient (Wildman–Crippen LogP) is 5.97. The number of rotatable bonds is 4. The minimum atomic E-state index is -0.328. The van der Waals surface area contributed by atoms with E-state index in [1.54, 1.807) is 18.2 Å². The number of benzene rings is 2. The summed E-state index contributed by atoms with van der Waals surface area (Å²) in [5, 5.41) is 3.25. The zero-order valence-corrected chi connectivity index (χ0v) is 19.1. The van der Waals surface area contributed by atoms with E-state index < -0.39 is 0 Å². The molecule has 0 saturated heterocycles. The first-order chi connectivity index (χ1) is 14.4. The predicted molar refractivity (Wildman–Crippen MR) is 126 cm³/mol. The maximum atomic E-state index is 13.1. The van der Waals surface area contributed by atoms with Crippen LogP contribution in [0.1, 0.15) is 16.9 Å². The van der Waals surface area contributed by atoms with E-state index in [0.29, 0.717) is 27.8 Å². The number of amides is 2. The number of fused-ring (bicyclic) bond motifs is 1. The first-order valence-corrected chi connectivity index (χ1v) is 11.2. The van der Waals surface area contributed by atoms with Gasteiger partial charge in [-0.05, 0) is 64.8 Å². The molecule has 0 fully saturated rings. The van der Waals surface area contributed by atoms with E-state index in [4.69, 9.17) is 16.6 Å². The molecule has 1 aliphatic rings. The third-order valence-electron chi connectivity index (χ3n) is 4.61. The quantitative estimate of drug-likeness (QED) is 0.478. The van der Waals surface area contributed by atoms with Gasteiger partial charge in [-0.25, -0.2) is 4.99 Å². The number of nitrogens with one attached hydrogen (secondary N) is 1. The third kappa shape index (κ3) is 4.48. The normalized spacial score (nSPS) is 13.5. The number of nitrogens with zero attached hydrogens (tertiary/aromatic N) is 2. The molecule has 3 aromatic rings. The van der Waals surface area contributed by atoms with E-state index in [1.807, 2.05) is 43.3 Å². The van der Waals surface area contributed by atoms with Crippen LogP contribution in [-0.2, 0) is 9.59 Å². The first-order valence-electron chi connectivity index (χ1n) is 9.19. The molecule has 0 atom stereocenters. The maximum absolute atomic E-state index is 13.1. The molecule has 0 spiro atoms. The number of carbonyl (C=O) groups excluding carboxylic acids is 2. The van der Waals surface area contributed by atoms with Crippen molar-refractivity contribution in [1.82, 2.24) is 0 Å². The van der Waals surface area contributed by atoms with Gasteiger partial charge < -0.3 is 10.2 Å². The molecule has 152 valence electrons. The summed E-state index contributed by atoms with van der Waals surface area (Å²) >= 11 is 11.2. The van der Waals surface area contributed by atoms with Crippen molar-refractivity contribution in [3.63, 3.8) is 0 Å². The molecule has 1 N–H and O–H groups in total. The minimum Gasteiger partial charge on any atom is -0.323 e. The summed E-state index contributed by atoms with van der Waals surface area (Å²) < 4.78 is 0.969. The molecule has 8 heteroatoms. The van der Waals surface area contributed by atoms with Crippen LogP contribution in [0.5, 0.6) is 0 Å². The highest BCUT2D eigenvalue weighted by Gasteiger charge is 2.27. The number of para-hydroxylation sites is 2. The molecule has 2 aromatic carbocycles. The lowest BCUT2D eigenvalue weighted by Gasteiger charge is -2.22. The molecule has 2 amide bonds. The monoisotopic (exact) mass is 501 g/mol. The average Bonchev–Trinajstić information content (AvgIpc) is 3.09. The Hall–Kier alpha value is -2.48. The van der Waals surface area contributed by atoms with Crippen LogP contribution in [0.4, 0.5) is 17.1 Å². The van der Waals surface area contributed by atoms with Gasteiger partial charge in [0.15, 0.2) is 0 Å². The van der Waals surface area contributed by atoms with Crippen LogP contribution in [0.25, 0.3) is 0 Å². The molecule has 0 unspecified atom stereocenters. The number of thiophene rings is 1. The summed E-state index contributed by atoms with van der Waals surface area (Å²) in [5.74, 6) is -0.514. The molecule has 0 aliphatic carbocycles. The second-order valence-electron chi connectivity index (χ2n) is 6.84. The lowest BCUT2D eigenvalue weighted by molar-refractivity contribution is -0.120. The van der Waals surface area contributed by atoms with Gasteiger partial charge in [-0.15, -0.1) is 11.3 Å². The largest absolute Gasteiger partial charge is 0.323 e. The molecule has 5 nitrogen and oxygen atoms in total. The van der Waals surface area contributed by atoms with E-state index in [-0.39, 0.29) is 24.8 Å². The summed E-state index contributed by atoms with van der Waals surface area (Å²) in [6, 6.07) is 16.6. The van der Waals surface area contributed by atoms with E-state index in [2.05, 4.69) is 21.2 Å². The number of anilines is 2. The Bertz CT molecular complexity index is 1170. The van der Waals surface area contributed by atoms with Crippen molar-refractivity contribution < 1.29 is 9.59 Å². The Morgan fingerprint density at radius 2 is 2.03 bits per heavy atom. The lowest BCUT2D eigenvalue weighted by atomic mass is 10.2. The van der Waals surface area contributed by atoms with Crippen LogP contribution >= 0.6 is 38.9 Å². The second-order valence-corrected chi connectivity index (χ2v) is 9.71.